The molecule has 1 amide bonds. The van der Waals surface area contributed by atoms with Crippen molar-refractivity contribution in [2.24, 2.45) is 5.92 Å². The second kappa shape index (κ2) is 5.47. The summed E-state index contributed by atoms with van der Waals surface area (Å²) < 4.78 is 0. The van der Waals surface area contributed by atoms with Gasteiger partial charge in [0.15, 0.2) is 0 Å². The first-order valence-electron chi connectivity index (χ1n) is 5.71. The van der Waals surface area contributed by atoms with Crippen molar-refractivity contribution in [1.29, 1.82) is 0 Å². The molecule has 88 valence electrons. The molecule has 0 aliphatic carbocycles. The Kier molecular flexibility index (Phi) is 4.54. The third-order valence-corrected chi connectivity index (χ3v) is 3.16. The first kappa shape index (κ1) is 12.5. The van der Waals surface area contributed by atoms with E-state index in [0.717, 1.165) is 13.1 Å². The molecule has 0 saturated carbocycles. The van der Waals surface area contributed by atoms with Crippen LogP contribution in [0, 0.1) is 5.92 Å². The van der Waals surface area contributed by atoms with E-state index in [2.05, 4.69) is 29.4 Å². The standard InChI is InChI=1S/C11H23N3O/c1-8(2)9(3)13-11(15)7-14(4)10-5-12-6-10/h8-10,12H,5-7H2,1-4H3,(H,13,15). The molecule has 0 radical (unpaired) electrons. The second-order valence-corrected chi connectivity index (χ2v) is 4.83. The summed E-state index contributed by atoms with van der Waals surface area (Å²) in [7, 11) is 2.01. The van der Waals surface area contributed by atoms with E-state index in [-0.39, 0.29) is 11.9 Å². The van der Waals surface area contributed by atoms with Gasteiger partial charge in [-0.05, 0) is 19.9 Å². The van der Waals surface area contributed by atoms with E-state index in [1.807, 2.05) is 14.0 Å². The molecule has 0 aromatic heterocycles. The van der Waals surface area contributed by atoms with Crippen molar-refractivity contribution in [3.05, 3.63) is 0 Å². The van der Waals surface area contributed by atoms with E-state index in [1.54, 1.807) is 0 Å². The molecule has 1 fully saturated rings. The van der Waals surface area contributed by atoms with Crippen molar-refractivity contribution in [3.63, 3.8) is 0 Å². The largest absolute Gasteiger partial charge is 0.352 e. The predicted molar refractivity (Wildman–Crippen MR) is 61.7 cm³/mol. The van der Waals surface area contributed by atoms with Crippen LogP contribution in [-0.4, -0.2) is 49.6 Å². The van der Waals surface area contributed by atoms with Crippen LogP contribution in [0.15, 0.2) is 0 Å². The van der Waals surface area contributed by atoms with Gasteiger partial charge in [0, 0.05) is 25.2 Å². The smallest absolute Gasteiger partial charge is 0.234 e. The van der Waals surface area contributed by atoms with E-state index < -0.39 is 0 Å². The van der Waals surface area contributed by atoms with Gasteiger partial charge >= 0.3 is 0 Å². The molecule has 0 aromatic rings. The highest BCUT2D eigenvalue weighted by atomic mass is 16.2. The highest BCUT2D eigenvalue weighted by molar-refractivity contribution is 5.78. The second-order valence-electron chi connectivity index (χ2n) is 4.83. The van der Waals surface area contributed by atoms with Crippen LogP contribution >= 0.6 is 0 Å². The minimum Gasteiger partial charge on any atom is -0.352 e. The Balaban J connectivity index is 2.22. The molecule has 4 heteroatoms. The van der Waals surface area contributed by atoms with Crippen LogP contribution in [0.4, 0.5) is 0 Å². The Morgan fingerprint density at radius 1 is 1.47 bits per heavy atom. The first-order valence-corrected chi connectivity index (χ1v) is 5.71. The van der Waals surface area contributed by atoms with Gasteiger partial charge in [-0.3, -0.25) is 9.69 Å². The lowest BCUT2D eigenvalue weighted by atomic mass is 10.1. The van der Waals surface area contributed by atoms with Crippen molar-refractivity contribution in [2.45, 2.75) is 32.9 Å². The number of hydrogen-bond acceptors (Lipinski definition) is 3. The summed E-state index contributed by atoms with van der Waals surface area (Å²) in [4.78, 5) is 13.7. The first-order chi connectivity index (χ1) is 7.00. The fourth-order valence-electron chi connectivity index (χ4n) is 1.41. The maximum Gasteiger partial charge on any atom is 0.234 e. The SMILES string of the molecule is CC(C)C(C)NC(=O)CN(C)C1CNC1. The predicted octanol–water partition coefficient (Wildman–Crippen LogP) is 0.0507. The van der Waals surface area contributed by atoms with E-state index >= 15 is 0 Å². The Bertz CT molecular complexity index is 214. The van der Waals surface area contributed by atoms with Gasteiger partial charge in [-0.25, -0.2) is 0 Å². The number of amides is 1. The van der Waals surface area contributed by atoms with E-state index in [0.29, 0.717) is 18.5 Å². The number of carbonyl (C=O) groups is 1. The summed E-state index contributed by atoms with van der Waals surface area (Å²) in [5.74, 6) is 0.621. The zero-order valence-corrected chi connectivity index (χ0v) is 10.2. The van der Waals surface area contributed by atoms with Gasteiger partial charge in [0.1, 0.15) is 0 Å². The van der Waals surface area contributed by atoms with Crippen LogP contribution in [0.25, 0.3) is 0 Å². The Hall–Kier alpha value is -0.610. The van der Waals surface area contributed by atoms with Crippen molar-refractivity contribution >= 4 is 5.91 Å². The van der Waals surface area contributed by atoms with Crippen molar-refractivity contribution in [2.75, 3.05) is 26.7 Å². The average Bonchev–Trinajstić information content (AvgIpc) is 1.99. The molecule has 15 heavy (non-hydrogen) atoms. The number of rotatable bonds is 5. The normalized spacial score (nSPS) is 19.1. The summed E-state index contributed by atoms with van der Waals surface area (Å²) >= 11 is 0. The minimum absolute atomic E-state index is 0.130. The lowest BCUT2D eigenvalue weighted by Crippen LogP contribution is -2.57. The molecule has 1 rings (SSSR count). The summed E-state index contributed by atoms with van der Waals surface area (Å²) in [6, 6.07) is 0.788. The van der Waals surface area contributed by atoms with Crippen LogP contribution in [-0.2, 0) is 4.79 Å². The number of nitrogens with one attached hydrogen (secondary N) is 2. The van der Waals surface area contributed by atoms with Crippen LogP contribution in [0.2, 0.25) is 0 Å². The van der Waals surface area contributed by atoms with Gasteiger partial charge in [-0.1, -0.05) is 13.8 Å². The average molecular weight is 213 g/mol. The molecule has 1 unspecified atom stereocenters. The molecule has 2 N–H and O–H groups in total. The molecule has 1 atom stereocenters. The van der Waals surface area contributed by atoms with Crippen LogP contribution in [0.3, 0.4) is 0 Å². The Morgan fingerprint density at radius 3 is 2.47 bits per heavy atom. The van der Waals surface area contributed by atoms with Crippen molar-refractivity contribution in [1.82, 2.24) is 15.5 Å². The Morgan fingerprint density at radius 2 is 2.07 bits per heavy atom. The molecule has 1 heterocycles. The fraction of sp³-hybridized carbons (Fsp3) is 0.909. The molecule has 0 bridgehead atoms. The highest BCUT2D eigenvalue weighted by Crippen LogP contribution is 2.02. The molecule has 1 saturated heterocycles. The van der Waals surface area contributed by atoms with Gasteiger partial charge in [0.05, 0.1) is 6.54 Å². The topological polar surface area (TPSA) is 44.4 Å². The summed E-state index contributed by atoms with van der Waals surface area (Å²) in [5, 5.41) is 6.21. The van der Waals surface area contributed by atoms with E-state index in [4.69, 9.17) is 0 Å². The van der Waals surface area contributed by atoms with Crippen LogP contribution in [0.1, 0.15) is 20.8 Å². The molecule has 1 aliphatic heterocycles. The maximum absolute atomic E-state index is 11.6. The maximum atomic E-state index is 11.6. The third-order valence-electron chi connectivity index (χ3n) is 3.16. The van der Waals surface area contributed by atoms with Gasteiger partial charge in [-0.2, -0.15) is 0 Å². The van der Waals surface area contributed by atoms with E-state index in [9.17, 15) is 4.79 Å². The molecule has 1 aliphatic rings. The van der Waals surface area contributed by atoms with Gasteiger partial charge in [0.2, 0.25) is 5.91 Å². The zero-order chi connectivity index (χ0) is 11.4. The highest BCUT2D eigenvalue weighted by Gasteiger charge is 2.23. The number of hydrogen-bond donors (Lipinski definition) is 2. The molecule has 0 spiro atoms. The lowest BCUT2D eigenvalue weighted by Gasteiger charge is -2.35. The monoisotopic (exact) mass is 213 g/mol. The van der Waals surface area contributed by atoms with Gasteiger partial charge in [0.25, 0.3) is 0 Å². The molecule has 0 aromatic carbocycles. The minimum atomic E-state index is 0.130. The van der Waals surface area contributed by atoms with Crippen molar-refractivity contribution < 1.29 is 4.79 Å². The molecular weight excluding hydrogens is 190 g/mol. The number of likely N-dealkylation sites (N-methyl/N-ethyl adjacent to an activating group) is 1. The quantitative estimate of drug-likeness (QED) is 0.678. The van der Waals surface area contributed by atoms with Gasteiger partial charge < -0.3 is 10.6 Å². The fourth-order valence-corrected chi connectivity index (χ4v) is 1.41. The zero-order valence-electron chi connectivity index (χ0n) is 10.2. The summed E-state index contributed by atoms with van der Waals surface area (Å²) in [6.45, 7) is 8.79. The van der Waals surface area contributed by atoms with Crippen LogP contribution in [0.5, 0.6) is 0 Å². The number of nitrogens with zero attached hydrogens (tertiary/aromatic N) is 1. The Labute approximate surface area is 92.4 Å². The lowest BCUT2D eigenvalue weighted by molar-refractivity contribution is -0.123. The third kappa shape index (κ3) is 3.80. The van der Waals surface area contributed by atoms with E-state index in [1.165, 1.54) is 0 Å². The number of carbonyl (C=O) groups excluding carboxylic acids is 1. The molecular formula is C11H23N3O. The van der Waals surface area contributed by atoms with Crippen molar-refractivity contribution in [3.8, 4) is 0 Å². The van der Waals surface area contributed by atoms with Gasteiger partial charge in [-0.15, -0.1) is 0 Å². The summed E-state index contributed by atoms with van der Waals surface area (Å²) in [6.07, 6.45) is 0. The van der Waals surface area contributed by atoms with Crippen LogP contribution < -0.4 is 10.6 Å². The molecule has 4 nitrogen and oxygen atoms in total. The summed E-state index contributed by atoms with van der Waals surface area (Å²) in [5.41, 5.74) is 0.